The lowest BCUT2D eigenvalue weighted by Gasteiger charge is -2.35. The van der Waals surface area contributed by atoms with E-state index in [1.165, 1.54) is 64.6 Å². The number of nitrogens with one attached hydrogen (secondary N) is 1. The highest BCUT2D eigenvalue weighted by atomic mass is 15.1. The molecule has 1 heterocycles. The van der Waals surface area contributed by atoms with Crippen molar-refractivity contribution in [2.24, 2.45) is 11.8 Å². The van der Waals surface area contributed by atoms with E-state index in [0.717, 1.165) is 17.9 Å². The van der Waals surface area contributed by atoms with Crippen molar-refractivity contribution in [3.05, 3.63) is 0 Å². The minimum Gasteiger partial charge on any atom is -0.314 e. The van der Waals surface area contributed by atoms with Gasteiger partial charge in [-0.25, -0.2) is 0 Å². The van der Waals surface area contributed by atoms with E-state index in [-0.39, 0.29) is 0 Å². The number of hydrogen-bond donors (Lipinski definition) is 1. The molecule has 17 heavy (non-hydrogen) atoms. The molecule has 1 aliphatic heterocycles. The number of piperidine rings is 1. The van der Waals surface area contributed by atoms with Crippen molar-refractivity contribution in [3.63, 3.8) is 0 Å². The van der Waals surface area contributed by atoms with Crippen molar-refractivity contribution in [1.82, 2.24) is 10.2 Å². The largest absolute Gasteiger partial charge is 0.314 e. The van der Waals surface area contributed by atoms with E-state index in [0.29, 0.717) is 0 Å². The van der Waals surface area contributed by atoms with E-state index in [1.54, 1.807) is 0 Å². The molecule has 1 N–H and O–H groups in total. The molecule has 0 aromatic rings. The standard InChI is InChI=1S/C15H30N2/c1-13-12-17(2)11-9-15(13)16-10-8-14-6-4-3-5-7-14/h13-16H,3-12H2,1-2H3. The maximum atomic E-state index is 3.81. The molecule has 0 aromatic carbocycles. The highest BCUT2D eigenvalue weighted by Crippen LogP contribution is 2.26. The van der Waals surface area contributed by atoms with Crippen LogP contribution < -0.4 is 5.32 Å². The molecule has 1 saturated carbocycles. The molecule has 2 nitrogen and oxygen atoms in total. The van der Waals surface area contributed by atoms with E-state index in [4.69, 9.17) is 0 Å². The molecule has 0 spiro atoms. The molecule has 0 amide bonds. The van der Waals surface area contributed by atoms with Crippen LogP contribution in [-0.2, 0) is 0 Å². The van der Waals surface area contributed by atoms with Gasteiger partial charge in [0, 0.05) is 12.6 Å². The third-order valence-electron chi connectivity index (χ3n) is 4.79. The van der Waals surface area contributed by atoms with Crippen LogP contribution in [0.5, 0.6) is 0 Å². The second-order valence-corrected chi connectivity index (χ2v) is 6.38. The summed E-state index contributed by atoms with van der Waals surface area (Å²) in [5, 5.41) is 3.81. The summed E-state index contributed by atoms with van der Waals surface area (Å²) < 4.78 is 0. The maximum Gasteiger partial charge on any atom is 0.0117 e. The molecule has 2 heteroatoms. The Balaban J connectivity index is 1.61. The van der Waals surface area contributed by atoms with Gasteiger partial charge in [0.1, 0.15) is 0 Å². The van der Waals surface area contributed by atoms with Crippen LogP contribution in [0, 0.1) is 11.8 Å². The lowest BCUT2D eigenvalue weighted by atomic mass is 9.86. The van der Waals surface area contributed by atoms with Crippen LogP contribution in [0.3, 0.4) is 0 Å². The van der Waals surface area contributed by atoms with Crippen LogP contribution in [0.2, 0.25) is 0 Å². The summed E-state index contributed by atoms with van der Waals surface area (Å²) in [6, 6.07) is 0.773. The zero-order valence-electron chi connectivity index (χ0n) is 11.8. The first-order chi connectivity index (χ1) is 8.25. The zero-order valence-corrected chi connectivity index (χ0v) is 11.8. The molecule has 2 fully saturated rings. The van der Waals surface area contributed by atoms with Crippen molar-refractivity contribution >= 4 is 0 Å². The fourth-order valence-corrected chi connectivity index (χ4v) is 3.61. The van der Waals surface area contributed by atoms with Crippen LogP contribution in [0.4, 0.5) is 0 Å². The van der Waals surface area contributed by atoms with Crippen LogP contribution in [0.25, 0.3) is 0 Å². The average Bonchev–Trinajstić information content (AvgIpc) is 2.33. The van der Waals surface area contributed by atoms with Gasteiger partial charge in [-0.15, -0.1) is 0 Å². The second-order valence-electron chi connectivity index (χ2n) is 6.38. The molecule has 0 radical (unpaired) electrons. The first kappa shape index (κ1) is 13.4. The van der Waals surface area contributed by atoms with Crippen molar-refractivity contribution in [2.45, 2.75) is 57.9 Å². The van der Waals surface area contributed by atoms with E-state index in [1.807, 2.05) is 0 Å². The Hall–Kier alpha value is -0.0800. The van der Waals surface area contributed by atoms with Crippen molar-refractivity contribution in [2.75, 3.05) is 26.7 Å². The summed E-state index contributed by atoms with van der Waals surface area (Å²) in [5.74, 6) is 1.85. The Morgan fingerprint density at radius 1 is 1.12 bits per heavy atom. The van der Waals surface area contributed by atoms with Gasteiger partial charge >= 0.3 is 0 Å². The summed E-state index contributed by atoms with van der Waals surface area (Å²) in [7, 11) is 2.24. The van der Waals surface area contributed by atoms with Gasteiger partial charge < -0.3 is 10.2 Å². The Kier molecular flexibility index (Phi) is 5.30. The molecule has 0 bridgehead atoms. The predicted molar refractivity (Wildman–Crippen MR) is 74.3 cm³/mol. The number of rotatable bonds is 4. The summed E-state index contributed by atoms with van der Waals surface area (Å²) in [4.78, 5) is 2.46. The first-order valence-electron chi connectivity index (χ1n) is 7.67. The summed E-state index contributed by atoms with van der Waals surface area (Å²) >= 11 is 0. The normalized spacial score (nSPS) is 32.8. The molecule has 100 valence electrons. The number of hydrogen-bond acceptors (Lipinski definition) is 2. The Labute approximate surface area is 107 Å². The van der Waals surface area contributed by atoms with E-state index in [2.05, 4.69) is 24.2 Å². The second kappa shape index (κ2) is 6.75. The quantitative estimate of drug-likeness (QED) is 0.810. The lowest BCUT2D eigenvalue weighted by Crippen LogP contribution is -2.47. The van der Waals surface area contributed by atoms with Gasteiger partial charge in [-0.05, 0) is 44.8 Å². The van der Waals surface area contributed by atoms with Crippen LogP contribution in [-0.4, -0.2) is 37.6 Å². The topological polar surface area (TPSA) is 15.3 Å². The van der Waals surface area contributed by atoms with Crippen LogP contribution in [0.15, 0.2) is 0 Å². The molecule has 2 aliphatic rings. The van der Waals surface area contributed by atoms with Gasteiger partial charge in [-0.3, -0.25) is 0 Å². The van der Waals surface area contributed by atoms with E-state index >= 15 is 0 Å². The van der Waals surface area contributed by atoms with Gasteiger partial charge in [-0.2, -0.15) is 0 Å². The highest BCUT2D eigenvalue weighted by Gasteiger charge is 2.23. The molecule has 1 aliphatic carbocycles. The summed E-state index contributed by atoms with van der Waals surface area (Å²) in [5.41, 5.74) is 0. The lowest BCUT2D eigenvalue weighted by molar-refractivity contribution is 0.172. The van der Waals surface area contributed by atoms with Gasteiger partial charge in [0.05, 0.1) is 0 Å². The molecule has 2 rings (SSSR count). The summed E-state index contributed by atoms with van der Waals surface area (Å²) in [6.07, 6.45) is 10.2. The Morgan fingerprint density at radius 2 is 1.88 bits per heavy atom. The fraction of sp³-hybridized carbons (Fsp3) is 1.00. The number of nitrogens with zero attached hydrogens (tertiary/aromatic N) is 1. The Bertz CT molecular complexity index is 211. The van der Waals surface area contributed by atoms with Crippen LogP contribution >= 0.6 is 0 Å². The average molecular weight is 238 g/mol. The SMILES string of the molecule is CC1CN(C)CCC1NCCC1CCCCC1. The smallest absolute Gasteiger partial charge is 0.0117 e. The molecular formula is C15H30N2. The van der Waals surface area contributed by atoms with Gasteiger partial charge in [-0.1, -0.05) is 39.0 Å². The van der Waals surface area contributed by atoms with E-state index in [9.17, 15) is 0 Å². The maximum absolute atomic E-state index is 3.81. The van der Waals surface area contributed by atoms with Gasteiger partial charge in [0.25, 0.3) is 0 Å². The minimum absolute atomic E-state index is 0.773. The van der Waals surface area contributed by atoms with Crippen molar-refractivity contribution in [3.8, 4) is 0 Å². The van der Waals surface area contributed by atoms with Crippen LogP contribution in [0.1, 0.15) is 51.9 Å². The molecule has 1 saturated heterocycles. The van der Waals surface area contributed by atoms with E-state index < -0.39 is 0 Å². The van der Waals surface area contributed by atoms with Gasteiger partial charge in [0.15, 0.2) is 0 Å². The third-order valence-corrected chi connectivity index (χ3v) is 4.79. The monoisotopic (exact) mass is 238 g/mol. The number of likely N-dealkylation sites (tertiary alicyclic amines) is 1. The van der Waals surface area contributed by atoms with Crippen molar-refractivity contribution in [1.29, 1.82) is 0 Å². The zero-order chi connectivity index (χ0) is 12.1. The highest BCUT2D eigenvalue weighted by molar-refractivity contribution is 4.81. The third kappa shape index (κ3) is 4.26. The molecule has 0 aromatic heterocycles. The fourth-order valence-electron chi connectivity index (χ4n) is 3.61. The molecular weight excluding hydrogens is 208 g/mol. The predicted octanol–water partition coefficient (Wildman–Crippen LogP) is 2.89. The summed E-state index contributed by atoms with van der Waals surface area (Å²) in [6.45, 7) is 6.18. The molecule has 2 atom stereocenters. The van der Waals surface area contributed by atoms with Crippen molar-refractivity contribution < 1.29 is 0 Å². The Morgan fingerprint density at radius 3 is 2.59 bits per heavy atom. The van der Waals surface area contributed by atoms with Gasteiger partial charge in [0.2, 0.25) is 0 Å². The first-order valence-corrected chi connectivity index (χ1v) is 7.67. The minimum atomic E-state index is 0.773. The molecule has 2 unspecified atom stereocenters.